The zero-order chi connectivity index (χ0) is 9.54. The Balaban J connectivity index is 2.24. The van der Waals surface area contributed by atoms with Crippen molar-refractivity contribution in [3.8, 4) is 5.75 Å². The largest absolute Gasteiger partial charge is 0.442 e. The first kappa shape index (κ1) is 7.44. The topological polar surface area (TPSA) is 51.0 Å². The summed E-state index contributed by atoms with van der Waals surface area (Å²) < 4.78 is 5.42. The molecule has 0 saturated carbocycles. The zero-order valence-electron chi connectivity index (χ0n) is 7.23. The second kappa shape index (κ2) is 2.51. The average molecular weight is 186 g/mol. The van der Waals surface area contributed by atoms with Gasteiger partial charge in [0.15, 0.2) is 0 Å². The number of hydrogen-bond acceptors (Lipinski definition) is 2. The molecule has 4 nitrogen and oxygen atoms in total. The van der Waals surface area contributed by atoms with E-state index in [0.717, 1.165) is 17.0 Å². The van der Waals surface area contributed by atoms with Crippen molar-refractivity contribution in [1.29, 1.82) is 0 Å². The summed E-state index contributed by atoms with van der Waals surface area (Å²) in [4.78, 5) is 18.6. The number of benzene rings is 1. The van der Waals surface area contributed by atoms with Crippen molar-refractivity contribution in [2.45, 2.75) is 6.42 Å². The fourth-order valence-electron chi connectivity index (χ4n) is 1.60. The minimum Gasteiger partial charge on any atom is -0.442 e. The van der Waals surface area contributed by atoms with Gasteiger partial charge in [0.2, 0.25) is 5.90 Å². The maximum Gasteiger partial charge on any atom is 0.370 e. The lowest BCUT2D eigenvalue weighted by molar-refractivity contribution is 0.256. The van der Waals surface area contributed by atoms with Crippen LogP contribution in [-0.4, -0.2) is 17.6 Å². The van der Waals surface area contributed by atoms with Crippen molar-refractivity contribution in [3.63, 3.8) is 0 Å². The van der Waals surface area contributed by atoms with Crippen LogP contribution in [0.15, 0.2) is 34.3 Å². The number of urea groups is 1. The molecule has 0 aromatic heterocycles. The summed E-state index contributed by atoms with van der Waals surface area (Å²) in [5.41, 5.74) is 1.64. The van der Waals surface area contributed by atoms with Gasteiger partial charge in [-0.2, -0.15) is 9.98 Å². The molecule has 0 atom stereocenters. The summed E-state index contributed by atoms with van der Waals surface area (Å²) in [5, 5.41) is 0. The third-order valence-corrected chi connectivity index (χ3v) is 2.20. The Morgan fingerprint density at radius 1 is 1.21 bits per heavy atom. The van der Waals surface area contributed by atoms with Crippen LogP contribution in [0, 0.1) is 0 Å². The lowest BCUT2D eigenvalue weighted by Crippen LogP contribution is -2.27. The average Bonchev–Trinajstić information content (AvgIpc) is 2.17. The molecule has 0 saturated heterocycles. The third-order valence-electron chi connectivity index (χ3n) is 2.20. The molecule has 2 aliphatic heterocycles. The van der Waals surface area contributed by atoms with Crippen molar-refractivity contribution < 1.29 is 9.53 Å². The third kappa shape index (κ3) is 0.970. The molecule has 0 spiro atoms. The fourth-order valence-corrected chi connectivity index (χ4v) is 1.60. The van der Waals surface area contributed by atoms with Crippen molar-refractivity contribution in [1.82, 2.24) is 0 Å². The Morgan fingerprint density at radius 2 is 2.07 bits per heavy atom. The smallest absolute Gasteiger partial charge is 0.370 e. The maximum atomic E-state index is 11.0. The first-order valence-corrected chi connectivity index (χ1v) is 4.29. The molecule has 2 aliphatic rings. The number of aliphatic imine (C=N–C) groups is 2. The monoisotopic (exact) mass is 186 g/mol. The number of hydrogen-bond donors (Lipinski definition) is 0. The van der Waals surface area contributed by atoms with Gasteiger partial charge in [-0.3, -0.25) is 0 Å². The molecule has 0 unspecified atom stereocenters. The van der Waals surface area contributed by atoms with E-state index in [1.165, 1.54) is 0 Å². The van der Waals surface area contributed by atoms with Crippen molar-refractivity contribution >= 4 is 17.6 Å². The van der Waals surface area contributed by atoms with Gasteiger partial charge in [-0.15, -0.1) is 0 Å². The van der Waals surface area contributed by atoms with Gasteiger partial charge in [0.25, 0.3) is 0 Å². The first-order chi connectivity index (χ1) is 6.83. The Kier molecular flexibility index (Phi) is 1.33. The van der Waals surface area contributed by atoms with Crippen LogP contribution in [0.4, 0.5) is 4.79 Å². The van der Waals surface area contributed by atoms with Crippen molar-refractivity contribution in [2.24, 2.45) is 9.98 Å². The molecule has 1 aromatic rings. The minimum absolute atomic E-state index is 0.443. The van der Waals surface area contributed by atoms with Gasteiger partial charge in [0.05, 0.1) is 12.1 Å². The number of nitrogens with zero attached hydrogens (tertiary/aromatic N) is 2. The van der Waals surface area contributed by atoms with Gasteiger partial charge in [-0.1, -0.05) is 12.1 Å². The number of rotatable bonds is 0. The number of amides is 2. The zero-order valence-corrected chi connectivity index (χ0v) is 7.23. The number of carbonyl (C=O) groups is 1. The van der Waals surface area contributed by atoms with Crippen LogP contribution >= 0.6 is 0 Å². The molecule has 2 amide bonds. The standard InChI is InChI=1S/C10H6N2O2/c13-10-11-7-5-9(12-10)14-8-4-2-1-3-6(7)8/h1-4H,5H2. The molecule has 14 heavy (non-hydrogen) atoms. The van der Waals surface area contributed by atoms with Crippen molar-refractivity contribution in [2.75, 3.05) is 0 Å². The molecule has 0 fully saturated rings. The molecule has 4 heteroatoms. The highest BCUT2D eigenvalue weighted by molar-refractivity contribution is 6.22. The van der Waals surface area contributed by atoms with Gasteiger partial charge in [0, 0.05) is 5.56 Å². The van der Waals surface area contributed by atoms with E-state index in [-0.39, 0.29) is 0 Å². The second-order valence-electron chi connectivity index (χ2n) is 3.12. The minimum atomic E-state index is -0.476. The summed E-state index contributed by atoms with van der Waals surface area (Å²) in [7, 11) is 0. The normalized spacial score (nSPS) is 17.9. The van der Waals surface area contributed by atoms with E-state index in [9.17, 15) is 4.79 Å². The van der Waals surface area contributed by atoms with Gasteiger partial charge in [-0.25, -0.2) is 4.79 Å². The Bertz CT molecular complexity index is 489. The highest BCUT2D eigenvalue weighted by Crippen LogP contribution is 2.27. The fraction of sp³-hybridized carbons (Fsp3) is 0.100. The van der Waals surface area contributed by atoms with Crippen LogP contribution in [0.2, 0.25) is 0 Å². The maximum absolute atomic E-state index is 11.0. The highest BCUT2D eigenvalue weighted by Gasteiger charge is 2.25. The van der Waals surface area contributed by atoms with Gasteiger partial charge >= 0.3 is 6.03 Å². The quantitative estimate of drug-likeness (QED) is 0.620. The van der Waals surface area contributed by atoms with E-state index in [1.54, 1.807) is 0 Å². The van der Waals surface area contributed by atoms with E-state index < -0.39 is 6.03 Å². The molecule has 2 bridgehead atoms. The Morgan fingerprint density at radius 3 is 3.00 bits per heavy atom. The summed E-state index contributed by atoms with van der Waals surface area (Å²) >= 11 is 0. The Hall–Kier alpha value is -1.97. The molecule has 3 rings (SSSR count). The molecule has 0 radical (unpaired) electrons. The van der Waals surface area contributed by atoms with Gasteiger partial charge < -0.3 is 4.74 Å². The molecule has 1 aromatic carbocycles. The molecule has 68 valence electrons. The van der Waals surface area contributed by atoms with Crippen LogP contribution in [0.3, 0.4) is 0 Å². The van der Waals surface area contributed by atoms with Crippen LogP contribution in [0.1, 0.15) is 12.0 Å². The molecule has 0 N–H and O–H groups in total. The van der Waals surface area contributed by atoms with Crippen LogP contribution in [-0.2, 0) is 0 Å². The summed E-state index contributed by atoms with van der Waals surface area (Å²) in [6, 6.07) is 7.03. The highest BCUT2D eigenvalue weighted by atomic mass is 16.5. The predicted octanol–water partition coefficient (Wildman–Crippen LogP) is 1.79. The molecular weight excluding hydrogens is 180 g/mol. The number of fused-ring (bicyclic) bond motifs is 4. The SMILES string of the molecule is O=C1N=C2CC(=N1)c1ccccc1O2. The van der Waals surface area contributed by atoms with Crippen molar-refractivity contribution in [3.05, 3.63) is 29.8 Å². The summed E-state index contributed by atoms with van der Waals surface area (Å²) in [6.45, 7) is 0. The lowest BCUT2D eigenvalue weighted by Gasteiger charge is -2.21. The van der Waals surface area contributed by atoms with Crippen LogP contribution < -0.4 is 4.74 Å². The number of para-hydroxylation sites is 1. The molecular formula is C10H6N2O2. The van der Waals surface area contributed by atoms with Gasteiger partial charge in [-0.05, 0) is 12.1 Å². The van der Waals surface area contributed by atoms with Crippen LogP contribution in [0.5, 0.6) is 5.75 Å². The van der Waals surface area contributed by atoms with E-state index in [1.807, 2.05) is 24.3 Å². The first-order valence-electron chi connectivity index (χ1n) is 4.29. The van der Waals surface area contributed by atoms with E-state index >= 15 is 0 Å². The van der Waals surface area contributed by atoms with E-state index in [4.69, 9.17) is 4.74 Å². The summed E-state index contributed by atoms with van der Waals surface area (Å²) in [5.74, 6) is 1.17. The van der Waals surface area contributed by atoms with E-state index in [2.05, 4.69) is 9.98 Å². The number of carbonyl (C=O) groups excluding carboxylic acids is 1. The summed E-state index contributed by atoms with van der Waals surface area (Å²) in [6.07, 6.45) is 0.517. The molecule has 0 aliphatic carbocycles. The Labute approximate surface area is 79.9 Å². The molecule has 2 heterocycles. The number of ether oxygens (including phenoxy) is 1. The van der Waals surface area contributed by atoms with Gasteiger partial charge in [0.1, 0.15) is 5.75 Å². The van der Waals surface area contributed by atoms with E-state index in [0.29, 0.717) is 12.3 Å². The van der Waals surface area contributed by atoms with Crippen LogP contribution in [0.25, 0.3) is 0 Å². The predicted molar refractivity (Wildman–Crippen MR) is 51.1 cm³/mol. The lowest BCUT2D eigenvalue weighted by atomic mass is 10.0. The second-order valence-corrected chi connectivity index (χ2v) is 3.12.